The molecular formula is C21H20FN3O2. The number of piperidine rings is 1. The number of nitrogens with zero attached hydrogens (tertiary/aromatic N) is 2. The van der Waals surface area contributed by atoms with Crippen LogP contribution in [0.3, 0.4) is 0 Å². The summed E-state index contributed by atoms with van der Waals surface area (Å²) < 4.78 is 22.1. The molecule has 1 N–H and O–H groups in total. The lowest BCUT2D eigenvalue weighted by Crippen LogP contribution is -2.36. The van der Waals surface area contributed by atoms with Crippen LogP contribution in [0.25, 0.3) is 10.8 Å². The molecule has 3 aromatic rings. The SMILES string of the molecule is [2H]C1CCN(C(=O)c2cc(Cc3n[nH]c(=O)c4ccccc34)ccc2F)CC1. The highest BCUT2D eigenvalue weighted by atomic mass is 19.1. The maximum Gasteiger partial charge on any atom is 0.272 e. The fraction of sp³-hybridized carbons (Fsp3) is 0.286. The number of nitrogens with one attached hydrogen (secondary N) is 1. The molecule has 1 aliphatic rings. The Morgan fingerprint density at radius 3 is 2.70 bits per heavy atom. The van der Waals surface area contributed by atoms with Crippen molar-refractivity contribution in [3.8, 4) is 0 Å². The fourth-order valence-corrected chi connectivity index (χ4v) is 3.47. The Hall–Kier alpha value is -3.02. The van der Waals surface area contributed by atoms with Gasteiger partial charge in [0, 0.05) is 26.3 Å². The van der Waals surface area contributed by atoms with Gasteiger partial charge in [0.25, 0.3) is 11.5 Å². The molecule has 0 bridgehead atoms. The molecule has 5 nitrogen and oxygen atoms in total. The van der Waals surface area contributed by atoms with Gasteiger partial charge >= 0.3 is 0 Å². The summed E-state index contributed by atoms with van der Waals surface area (Å²) in [5, 5.41) is 7.93. The summed E-state index contributed by atoms with van der Waals surface area (Å²) in [6, 6.07) is 11.7. The second kappa shape index (κ2) is 7.31. The highest BCUT2D eigenvalue weighted by molar-refractivity contribution is 5.94. The van der Waals surface area contributed by atoms with Crippen molar-refractivity contribution in [1.29, 1.82) is 0 Å². The predicted molar refractivity (Wildman–Crippen MR) is 101 cm³/mol. The van der Waals surface area contributed by atoms with Crippen LogP contribution < -0.4 is 5.56 Å². The Labute approximate surface area is 157 Å². The molecule has 0 unspecified atom stereocenters. The van der Waals surface area contributed by atoms with Gasteiger partial charge in [0.2, 0.25) is 0 Å². The first-order valence-corrected chi connectivity index (χ1v) is 8.99. The van der Waals surface area contributed by atoms with Crippen LogP contribution in [0.2, 0.25) is 0 Å². The zero-order chi connectivity index (χ0) is 19.7. The molecule has 0 saturated carbocycles. The Bertz CT molecular complexity index is 1090. The van der Waals surface area contributed by atoms with Gasteiger partial charge in [-0.05, 0) is 43.0 Å². The third kappa shape index (κ3) is 3.47. The van der Waals surface area contributed by atoms with Crippen molar-refractivity contribution >= 4 is 16.7 Å². The number of halogens is 1. The third-order valence-corrected chi connectivity index (χ3v) is 4.90. The van der Waals surface area contributed by atoms with Gasteiger partial charge in [-0.15, -0.1) is 0 Å². The van der Waals surface area contributed by atoms with E-state index in [9.17, 15) is 14.0 Å². The molecule has 27 heavy (non-hydrogen) atoms. The van der Waals surface area contributed by atoms with E-state index in [-0.39, 0.29) is 23.4 Å². The number of hydrogen-bond acceptors (Lipinski definition) is 3. The maximum absolute atomic E-state index is 14.3. The van der Waals surface area contributed by atoms with E-state index in [0.29, 0.717) is 43.4 Å². The number of aromatic amines is 1. The Balaban J connectivity index is 1.64. The van der Waals surface area contributed by atoms with E-state index in [1.54, 1.807) is 29.2 Å². The van der Waals surface area contributed by atoms with Crippen molar-refractivity contribution in [3.05, 3.63) is 75.5 Å². The summed E-state index contributed by atoms with van der Waals surface area (Å²) in [7, 11) is 0. The van der Waals surface area contributed by atoms with E-state index in [0.717, 1.165) is 10.9 Å². The van der Waals surface area contributed by atoms with E-state index in [2.05, 4.69) is 10.2 Å². The second-order valence-corrected chi connectivity index (χ2v) is 6.69. The first-order chi connectivity index (χ1) is 13.5. The summed E-state index contributed by atoms with van der Waals surface area (Å²) in [6.45, 7) is 0.950. The smallest absolute Gasteiger partial charge is 0.272 e. The molecule has 1 aromatic heterocycles. The molecular weight excluding hydrogens is 345 g/mol. The second-order valence-electron chi connectivity index (χ2n) is 6.69. The molecule has 1 fully saturated rings. The standard InChI is InChI=1S/C21H20FN3O2/c22-18-9-8-14(12-17(18)21(27)25-10-4-1-5-11-25)13-19-15-6-2-3-7-16(15)20(26)24-23-19/h2-3,6-9,12H,1,4-5,10-11,13H2,(H,24,26)/i1D. The van der Waals surface area contributed by atoms with E-state index < -0.39 is 5.82 Å². The molecule has 1 amide bonds. The van der Waals surface area contributed by atoms with Crippen molar-refractivity contribution in [3.63, 3.8) is 0 Å². The van der Waals surface area contributed by atoms with Gasteiger partial charge < -0.3 is 4.90 Å². The summed E-state index contributed by atoms with van der Waals surface area (Å²) in [5.41, 5.74) is 1.18. The fourth-order valence-electron chi connectivity index (χ4n) is 3.47. The van der Waals surface area contributed by atoms with Crippen molar-refractivity contribution < 1.29 is 10.6 Å². The summed E-state index contributed by atoms with van der Waals surface area (Å²) in [4.78, 5) is 26.3. The molecule has 2 aromatic carbocycles. The van der Waals surface area contributed by atoms with Crippen molar-refractivity contribution in [2.24, 2.45) is 0 Å². The highest BCUT2D eigenvalue weighted by Crippen LogP contribution is 2.20. The molecule has 1 saturated heterocycles. The topological polar surface area (TPSA) is 66.1 Å². The molecule has 138 valence electrons. The van der Waals surface area contributed by atoms with E-state index >= 15 is 0 Å². The molecule has 1 aliphatic heterocycles. The number of H-pyrrole nitrogens is 1. The first-order valence-electron chi connectivity index (χ1n) is 9.57. The van der Waals surface area contributed by atoms with Crippen LogP contribution in [0.1, 0.15) is 42.2 Å². The lowest BCUT2D eigenvalue weighted by Gasteiger charge is -2.27. The van der Waals surface area contributed by atoms with Crippen LogP contribution >= 0.6 is 0 Å². The molecule has 4 rings (SSSR count). The van der Waals surface area contributed by atoms with Gasteiger partial charge in [-0.2, -0.15) is 5.10 Å². The number of fused-ring (bicyclic) bond motifs is 1. The van der Waals surface area contributed by atoms with E-state index in [4.69, 9.17) is 1.37 Å². The lowest BCUT2D eigenvalue weighted by atomic mass is 10.0. The third-order valence-electron chi connectivity index (χ3n) is 4.90. The lowest BCUT2D eigenvalue weighted by molar-refractivity contribution is 0.0719. The zero-order valence-corrected chi connectivity index (χ0v) is 14.7. The van der Waals surface area contributed by atoms with Gasteiger partial charge in [-0.1, -0.05) is 24.3 Å². The minimum absolute atomic E-state index is 0.0367. The number of amides is 1. The Kier molecular flexibility index (Phi) is 4.38. The molecule has 2 heterocycles. The monoisotopic (exact) mass is 366 g/mol. The van der Waals surface area contributed by atoms with Crippen LogP contribution in [0.15, 0.2) is 47.3 Å². The molecule has 0 radical (unpaired) electrons. The molecule has 0 atom stereocenters. The number of carbonyl (C=O) groups excluding carboxylic acids is 1. The van der Waals surface area contributed by atoms with E-state index in [1.807, 2.05) is 12.1 Å². The van der Waals surface area contributed by atoms with Crippen molar-refractivity contribution in [2.45, 2.75) is 25.7 Å². The number of likely N-dealkylation sites (tertiary alicyclic amines) is 1. The minimum Gasteiger partial charge on any atom is -0.339 e. The average Bonchev–Trinajstić information content (AvgIpc) is 2.72. The van der Waals surface area contributed by atoms with Crippen molar-refractivity contribution in [2.75, 3.05) is 13.1 Å². The first kappa shape index (κ1) is 16.2. The number of carbonyl (C=O) groups is 1. The molecule has 0 aliphatic carbocycles. The average molecular weight is 366 g/mol. The normalized spacial score (nSPS) is 15.7. The van der Waals surface area contributed by atoms with E-state index in [1.165, 1.54) is 6.07 Å². The quantitative estimate of drug-likeness (QED) is 0.774. The van der Waals surface area contributed by atoms with Crippen LogP contribution in [0.5, 0.6) is 0 Å². The Morgan fingerprint density at radius 1 is 1.19 bits per heavy atom. The summed E-state index contributed by atoms with van der Waals surface area (Å²) >= 11 is 0. The zero-order valence-electron chi connectivity index (χ0n) is 15.7. The van der Waals surface area contributed by atoms with Gasteiger partial charge in [0.05, 0.1) is 16.6 Å². The van der Waals surface area contributed by atoms with Crippen LogP contribution in [-0.4, -0.2) is 34.1 Å². The van der Waals surface area contributed by atoms with Crippen LogP contribution in [-0.2, 0) is 6.42 Å². The van der Waals surface area contributed by atoms with Crippen LogP contribution in [0, 0.1) is 5.82 Å². The van der Waals surface area contributed by atoms with Crippen molar-refractivity contribution in [1.82, 2.24) is 15.1 Å². The largest absolute Gasteiger partial charge is 0.339 e. The summed E-state index contributed by atoms with van der Waals surface area (Å²) in [6.07, 6.45) is 1.44. The highest BCUT2D eigenvalue weighted by Gasteiger charge is 2.21. The predicted octanol–water partition coefficient (Wildman–Crippen LogP) is 3.28. The van der Waals surface area contributed by atoms with Gasteiger partial charge in [0.15, 0.2) is 0 Å². The summed E-state index contributed by atoms with van der Waals surface area (Å²) in [5.74, 6) is -0.897. The number of aromatic nitrogens is 2. The Morgan fingerprint density at radius 2 is 1.93 bits per heavy atom. The molecule has 6 heteroatoms. The molecule has 0 spiro atoms. The van der Waals surface area contributed by atoms with Crippen LogP contribution in [0.4, 0.5) is 4.39 Å². The number of rotatable bonds is 3. The minimum atomic E-state index is -0.555. The van der Waals surface area contributed by atoms with Gasteiger partial charge in [-0.3, -0.25) is 9.59 Å². The maximum atomic E-state index is 14.3. The number of benzene rings is 2. The number of hydrogen-bond donors (Lipinski definition) is 1. The van der Waals surface area contributed by atoms with Gasteiger partial charge in [-0.25, -0.2) is 9.49 Å². The van der Waals surface area contributed by atoms with Gasteiger partial charge in [0.1, 0.15) is 5.82 Å².